The molecule has 0 fully saturated rings. The van der Waals surface area contributed by atoms with Crippen molar-refractivity contribution in [3.8, 4) is 0 Å². The molecule has 0 aliphatic rings. The summed E-state index contributed by atoms with van der Waals surface area (Å²) in [4.78, 5) is 24.5. The molecule has 0 spiro atoms. The van der Waals surface area contributed by atoms with Crippen molar-refractivity contribution in [3.63, 3.8) is 0 Å². The molecule has 79 heavy (non-hydrogen) atoms. The third-order valence-corrected chi connectivity index (χ3v) is 16.7. The Morgan fingerprint density at radius 3 is 0.962 bits per heavy atom. The van der Waals surface area contributed by atoms with Crippen LogP contribution in [0, 0.1) is 0 Å². The van der Waals surface area contributed by atoms with Crippen LogP contribution in [0.5, 0.6) is 0 Å². The Kier molecular flexibility index (Phi) is 66.9. The highest BCUT2D eigenvalue weighted by molar-refractivity contribution is 5.76. The SMILES string of the molecule is CCCCCCCCCCC/C=C/C(O)C(CO)NC(=O)CCCCCCCCCCCCCCCCCCC/C=C\C/C=C\CCCCCCCCCCCOC(=O)CCCCCCCCCCCCCCCCCCCC. The molecule has 0 saturated carbocycles. The third kappa shape index (κ3) is 65.1. The number of hydrogen-bond donors (Lipinski definition) is 3. The van der Waals surface area contributed by atoms with Gasteiger partial charge in [-0.15, -0.1) is 0 Å². The van der Waals surface area contributed by atoms with Gasteiger partial charge >= 0.3 is 5.97 Å². The molecule has 466 valence electrons. The van der Waals surface area contributed by atoms with Crippen molar-refractivity contribution in [1.82, 2.24) is 5.32 Å². The van der Waals surface area contributed by atoms with E-state index in [9.17, 15) is 19.8 Å². The molecule has 1 amide bonds. The number of ether oxygens (including phenoxy) is 1. The standard InChI is InChI=1S/C73H139NO5/c1-3-5-7-9-11-13-15-16-17-18-37-40-43-47-51-55-59-63-67-73(78)79-68-64-60-56-52-48-44-41-38-35-33-31-29-27-25-23-21-19-20-22-24-26-28-30-32-34-36-39-42-46-50-54-58-62-66-72(77)74-70(69-75)71(76)65-61-57-53-49-45-14-12-10-8-6-4-2/h23,25,29,31,61,65,70-71,75-76H,3-22,24,26-28,30,32-60,62-64,66-69H2,1-2H3,(H,74,77)/b25-23-,31-29-,65-61+. The predicted molar refractivity (Wildman–Crippen MR) is 347 cm³/mol. The molecule has 2 unspecified atom stereocenters. The van der Waals surface area contributed by atoms with E-state index in [4.69, 9.17) is 4.74 Å². The fourth-order valence-electron chi connectivity index (χ4n) is 11.2. The highest BCUT2D eigenvalue weighted by Crippen LogP contribution is 2.18. The number of rotatable bonds is 67. The average molecular weight is 1110 g/mol. The summed E-state index contributed by atoms with van der Waals surface area (Å²) in [5.41, 5.74) is 0. The first-order chi connectivity index (χ1) is 39.0. The zero-order chi connectivity index (χ0) is 57.1. The average Bonchev–Trinajstić information content (AvgIpc) is 3.45. The van der Waals surface area contributed by atoms with Crippen molar-refractivity contribution in [1.29, 1.82) is 0 Å². The number of aliphatic hydroxyl groups excluding tert-OH is 2. The Bertz CT molecular complexity index is 1280. The molecule has 0 heterocycles. The summed E-state index contributed by atoms with van der Waals surface area (Å²) in [7, 11) is 0. The summed E-state index contributed by atoms with van der Waals surface area (Å²) >= 11 is 0. The lowest BCUT2D eigenvalue weighted by molar-refractivity contribution is -0.143. The van der Waals surface area contributed by atoms with Crippen molar-refractivity contribution >= 4 is 11.9 Å². The monoisotopic (exact) mass is 1110 g/mol. The Balaban J connectivity index is 3.36. The number of carbonyl (C=O) groups is 2. The summed E-state index contributed by atoms with van der Waals surface area (Å²) in [6.45, 7) is 4.92. The number of hydrogen-bond acceptors (Lipinski definition) is 5. The number of nitrogens with one attached hydrogen (secondary N) is 1. The van der Waals surface area contributed by atoms with Crippen LogP contribution in [0.15, 0.2) is 36.5 Å². The topological polar surface area (TPSA) is 95.9 Å². The molecule has 6 nitrogen and oxygen atoms in total. The highest BCUT2D eigenvalue weighted by atomic mass is 16.5. The number of carbonyl (C=O) groups excluding carboxylic acids is 2. The van der Waals surface area contributed by atoms with E-state index in [2.05, 4.69) is 43.5 Å². The summed E-state index contributed by atoms with van der Waals surface area (Å²) in [6.07, 6.45) is 88.1. The molecule has 0 aromatic carbocycles. The quantitative estimate of drug-likeness (QED) is 0.0320. The summed E-state index contributed by atoms with van der Waals surface area (Å²) in [5, 5.41) is 23.1. The molecule has 0 radical (unpaired) electrons. The second-order valence-corrected chi connectivity index (χ2v) is 24.6. The normalized spacial score (nSPS) is 12.7. The van der Waals surface area contributed by atoms with Crippen LogP contribution in [0.2, 0.25) is 0 Å². The second-order valence-electron chi connectivity index (χ2n) is 24.6. The summed E-state index contributed by atoms with van der Waals surface area (Å²) < 4.78 is 5.51. The van der Waals surface area contributed by atoms with Crippen LogP contribution in [0.4, 0.5) is 0 Å². The minimum Gasteiger partial charge on any atom is -0.466 e. The van der Waals surface area contributed by atoms with Gasteiger partial charge in [0.2, 0.25) is 5.91 Å². The predicted octanol–water partition coefficient (Wildman–Crippen LogP) is 23.1. The highest BCUT2D eigenvalue weighted by Gasteiger charge is 2.18. The molecule has 0 bridgehead atoms. The molecule has 0 aromatic heterocycles. The molecule has 0 aromatic rings. The third-order valence-electron chi connectivity index (χ3n) is 16.7. The van der Waals surface area contributed by atoms with Gasteiger partial charge in [-0.25, -0.2) is 0 Å². The lowest BCUT2D eigenvalue weighted by atomic mass is 10.0. The zero-order valence-electron chi connectivity index (χ0n) is 53.4. The van der Waals surface area contributed by atoms with Gasteiger partial charge in [0.15, 0.2) is 0 Å². The van der Waals surface area contributed by atoms with Crippen LogP contribution >= 0.6 is 0 Å². The number of allylic oxidation sites excluding steroid dienone is 5. The summed E-state index contributed by atoms with van der Waals surface area (Å²) in [5.74, 6) is -0.0474. The fraction of sp³-hybridized carbons (Fsp3) is 0.890. The van der Waals surface area contributed by atoms with Gasteiger partial charge in [0.25, 0.3) is 0 Å². The van der Waals surface area contributed by atoms with E-state index in [1.54, 1.807) is 6.08 Å². The molecule has 2 atom stereocenters. The molecule has 0 saturated heterocycles. The van der Waals surface area contributed by atoms with Crippen molar-refractivity contribution in [2.75, 3.05) is 13.2 Å². The molecular formula is C73H139NO5. The number of amides is 1. The molecule has 0 aliphatic heterocycles. The van der Waals surface area contributed by atoms with Crippen LogP contribution in [0.1, 0.15) is 393 Å². The van der Waals surface area contributed by atoms with E-state index in [-0.39, 0.29) is 18.5 Å². The van der Waals surface area contributed by atoms with Crippen LogP contribution in [-0.2, 0) is 14.3 Å². The first kappa shape index (κ1) is 77.1. The first-order valence-corrected chi connectivity index (χ1v) is 35.8. The Labute approximate surface area is 494 Å². The molecule has 0 aliphatic carbocycles. The smallest absolute Gasteiger partial charge is 0.305 e. The van der Waals surface area contributed by atoms with Gasteiger partial charge in [-0.1, -0.05) is 352 Å². The van der Waals surface area contributed by atoms with Gasteiger partial charge in [-0.2, -0.15) is 0 Å². The van der Waals surface area contributed by atoms with Gasteiger partial charge in [-0.05, 0) is 64.2 Å². The van der Waals surface area contributed by atoms with E-state index in [0.29, 0.717) is 19.4 Å². The first-order valence-electron chi connectivity index (χ1n) is 35.8. The van der Waals surface area contributed by atoms with Crippen molar-refractivity contribution in [2.45, 2.75) is 405 Å². The van der Waals surface area contributed by atoms with Crippen LogP contribution in [-0.4, -0.2) is 47.4 Å². The minimum atomic E-state index is -0.842. The Morgan fingerprint density at radius 2 is 0.633 bits per heavy atom. The van der Waals surface area contributed by atoms with Gasteiger partial charge in [-0.3, -0.25) is 9.59 Å². The number of aliphatic hydroxyl groups is 2. The van der Waals surface area contributed by atoms with Gasteiger partial charge < -0.3 is 20.3 Å². The second kappa shape index (κ2) is 68.6. The Hall–Kier alpha value is -1.92. The maximum Gasteiger partial charge on any atom is 0.305 e. The summed E-state index contributed by atoms with van der Waals surface area (Å²) in [6, 6.07) is -0.625. The van der Waals surface area contributed by atoms with E-state index >= 15 is 0 Å². The zero-order valence-corrected chi connectivity index (χ0v) is 53.4. The van der Waals surface area contributed by atoms with Gasteiger partial charge in [0.05, 0.1) is 25.4 Å². The lowest BCUT2D eigenvalue weighted by Crippen LogP contribution is -2.45. The molecule has 3 N–H and O–H groups in total. The minimum absolute atomic E-state index is 0.0187. The van der Waals surface area contributed by atoms with E-state index in [0.717, 1.165) is 44.9 Å². The number of unbranched alkanes of at least 4 members (excludes halogenated alkanes) is 52. The fourth-order valence-corrected chi connectivity index (χ4v) is 11.2. The maximum atomic E-state index is 12.4. The van der Waals surface area contributed by atoms with Crippen molar-refractivity contribution < 1.29 is 24.5 Å². The molecule has 6 heteroatoms. The van der Waals surface area contributed by atoms with Crippen molar-refractivity contribution in [2.24, 2.45) is 0 Å². The largest absolute Gasteiger partial charge is 0.466 e. The maximum absolute atomic E-state index is 12.4. The van der Waals surface area contributed by atoms with E-state index in [1.165, 1.54) is 321 Å². The molecule has 0 rings (SSSR count). The lowest BCUT2D eigenvalue weighted by Gasteiger charge is -2.20. The van der Waals surface area contributed by atoms with Crippen LogP contribution in [0.25, 0.3) is 0 Å². The van der Waals surface area contributed by atoms with Crippen LogP contribution in [0.3, 0.4) is 0 Å². The van der Waals surface area contributed by atoms with E-state index in [1.807, 2.05) is 6.08 Å². The Morgan fingerprint density at radius 1 is 0.354 bits per heavy atom. The number of esters is 1. The van der Waals surface area contributed by atoms with Gasteiger partial charge in [0, 0.05) is 12.8 Å². The van der Waals surface area contributed by atoms with Gasteiger partial charge in [0.1, 0.15) is 0 Å². The van der Waals surface area contributed by atoms with Crippen LogP contribution < -0.4 is 5.32 Å². The molecular weight excluding hydrogens is 971 g/mol. The van der Waals surface area contributed by atoms with E-state index < -0.39 is 12.1 Å². The van der Waals surface area contributed by atoms with Crippen molar-refractivity contribution in [3.05, 3.63) is 36.5 Å².